The first kappa shape index (κ1) is 28.2. The SMILES string of the molecule is [C-]#[N+]c1cc([C@H](CC(=O)O)CC(=O)CNC(=O)c2cncc(NC3=NCC(F)CN3)c2)cc(C(C)(C)C)c1. The van der Waals surface area contributed by atoms with E-state index in [1.165, 1.54) is 18.5 Å². The van der Waals surface area contributed by atoms with Crippen molar-refractivity contribution in [1.82, 2.24) is 15.6 Å². The minimum absolute atomic E-state index is 0.0353. The van der Waals surface area contributed by atoms with E-state index < -0.39 is 24.0 Å². The molecule has 1 aliphatic rings. The summed E-state index contributed by atoms with van der Waals surface area (Å²) >= 11 is 0. The number of hydrogen-bond acceptors (Lipinski definition) is 7. The molecule has 1 aromatic heterocycles. The summed E-state index contributed by atoms with van der Waals surface area (Å²) in [6.45, 7) is 13.3. The number of nitrogens with zero attached hydrogens (tertiary/aromatic N) is 3. The monoisotopic (exact) mass is 522 g/mol. The van der Waals surface area contributed by atoms with Gasteiger partial charge in [-0.2, -0.15) is 0 Å². The number of ketones is 1. The van der Waals surface area contributed by atoms with Crippen LogP contribution in [0.25, 0.3) is 4.85 Å². The zero-order valence-corrected chi connectivity index (χ0v) is 21.5. The third-order valence-corrected chi connectivity index (χ3v) is 5.95. The number of amides is 1. The van der Waals surface area contributed by atoms with Gasteiger partial charge in [-0.15, -0.1) is 0 Å². The van der Waals surface area contributed by atoms with Crippen LogP contribution in [-0.4, -0.2) is 59.5 Å². The van der Waals surface area contributed by atoms with Gasteiger partial charge in [0.1, 0.15) is 6.17 Å². The molecular weight excluding hydrogens is 491 g/mol. The number of alkyl halides is 1. The van der Waals surface area contributed by atoms with Gasteiger partial charge in [-0.25, -0.2) is 14.2 Å². The molecule has 1 unspecified atom stereocenters. The van der Waals surface area contributed by atoms with Crippen LogP contribution in [0.4, 0.5) is 15.8 Å². The van der Waals surface area contributed by atoms with Crippen molar-refractivity contribution < 1.29 is 23.9 Å². The number of carbonyl (C=O) groups is 3. The number of rotatable bonds is 9. The van der Waals surface area contributed by atoms with Gasteiger partial charge in [0.25, 0.3) is 5.91 Å². The number of nitrogens with one attached hydrogen (secondary N) is 3. The van der Waals surface area contributed by atoms with Crippen molar-refractivity contribution in [3.63, 3.8) is 0 Å². The normalized spacial score (nSPS) is 15.9. The molecule has 0 spiro atoms. The number of anilines is 1. The predicted molar refractivity (Wildman–Crippen MR) is 141 cm³/mol. The molecule has 0 saturated heterocycles. The predicted octanol–water partition coefficient (Wildman–Crippen LogP) is 3.59. The first-order chi connectivity index (χ1) is 17.9. The summed E-state index contributed by atoms with van der Waals surface area (Å²) in [5.41, 5.74) is 2.24. The van der Waals surface area contributed by atoms with Crippen LogP contribution in [0.15, 0.2) is 41.7 Å². The van der Waals surface area contributed by atoms with E-state index in [1.54, 1.807) is 12.1 Å². The molecule has 1 aromatic carbocycles. The second-order valence-electron chi connectivity index (χ2n) is 10.2. The zero-order chi connectivity index (χ0) is 27.9. The number of halogens is 1. The van der Waals surface area contributed by atoms with Gasteiger partial charge < -0.3 is 21.1 Å². The van der Waals surface area contributed by atoms with Crippen molar-refractivity contribution in [2.45, 2.75) is 51.1 Å². The maximum atomic E-state index is 13.2. The average Bonchev–Trinajstić information content (AvgIpc) is 2.87. The number of aromatic nitrogens is 1. The average molecular weight is 523 g/mol. The van der Waals surface area contributed by atoms with Gasteiger partial charge in [0.05, 0.1) is 50.1 Å². The van der Waals surface area contributed by atoms with E-state index in [4.69, 9.17) is 6.57 Å². The van der Waals surface area contributed by atoms with Crippen LogP contribution in [0.5, 0.6) is 0 Å². The quantitative estimate of drug-likeness (QED) is 0.370. The van der Waals surface area contributed by atoms with Gasteiger partial charge in [-0.1, -0.05) is 50.1 Å². The number of benzene rings is 1. The van der Waals surface area contributed by atoms with Crippen molar-refractivity contribution in [2.75, 3.05) is 25.0 Å². The lowest BCUT2D eigenvalue weighted by Gasteiger charge is -2.23. The summed E-state index contributed by atoms with van der Waals surface area (Å²) in [7, 11) is 0. The Hall–Kier alpha value is -4.33. The Bertz CT molecular complexity index is 1280. The summed E-state index contributed by atoms with van der Waals surface area (Å²) in [5, 5.41) is 17.7. The van der Waals surface area contributed by atoms with Gasteiger partial charge in [0.15, 0.2) is 17.4 Å². The molecule has 2 aromatic rings. The first-order valence-corrected chi connectivity index (χ1v) is 12.1. The Labute approximate surface area is 220 Å². The molecule has 1 amide bonds. The number of aliphatic carboxylic acids is 1. The lowest BCUT2D eigenvalue weighted by molar-refractivity contribution is -0.137. The third-order valence-electron chi connectivity index (χ3n) is 5.95. The number of aliphatic imine (C=N–C) groups is 1. The van der Waals surface area contributed by atoms with E-state index in [9.17, 15) is 23.9 Å². The van der Waals surface area contributed by atoms with Crippen LogP contribution < -0.4 is 16.0 Å². The largest absolute Gasteiger partial charge is 0.481 e. The standard InChI is InChI=1S/C27H31FN6O4/c1-27(2,3)19-5-16(6-21(10-19)29-4)17(9-24(36)37)8-23(35)15-31-25(38)18-7-22(14-30-11-18)34-26-32-12-20(28)13-33-26/h5-7,10-11,14,17,20H,8-9,12-13,15H2,1-3H3,(H,31,38)(H,36,37)(H2,32,33,34)/t17-/m0/s1. The van der Waals surface area contributed by atoms with E-state index in [-0.39, 0.29) is 49.2 Å². The number of pyridine rings is 1. The van der Waals surface area contributed by atoms with E-state index in [1.807, 2.05) is 26.8 Å². The molecule has 11 heteroatoms. The maximum absolute atomic E-state index is 13.2. The molecule has 3 rings (SSSR count). The highest BCUT2D eigenvalue weighted by Crippen LogP contribution is 2.33. The Kier molecular flexibility index (Phi) is 9.12. The van der Waals surface area contributed by atoms with Crippen LogP contribution in [0.2, 0.25) is 0 Å². The highest BCUT2D eigenvalue weighted by molar-refractivity contribution is 5.99. The zero-order valence-electron chi connectivity index (χ0n) is 21.5. The molecule has 4 N–H and O–H groups in total. The van der Waals surface area contributed by atoms with Crippen LogP contribution in [0.1, 0.15) is 61.0 Å². The number of carboxylic acid groups (broad SMARTS) is 1. The van der Waals surface area contributed by atoms with Gasteiger partial charge >= 0.3 is 5.97 Å². The van der Waals surface area contributed by atoms with Crippen LogP contribution >= 0.6 is 0 Å². The molecule has 0 bridgehead atoms. The number of carboxylic acids is 1. The van der Waals surface area contributed by atoms with Crippen molar-refractivity contribution in [1.29, 1.82) is 0 Å². The Balaban J connectivity index is 1.66. The molecule has 0 aliphatic carbocycles. The van der Waals surface area contributed by atoms with E-state index in [0.717, 1.165) is 5.56 Å². The van der Waals surface area contributed by atoms with Crippen molar-refractivity contribution in [3.05, 3.63) is 64.8 Å². The molecule has 10 nitrogen and oxygen atoms in total. The first-order valence-electron chi connectivity index (χ1n) is 12.1. The fourth-order valence-electron chi connectivity index (χ4n) is 3.89. The molecule has 200 valence electrons. The van der Waals surface area contributed by atoms with Crippen LogP contribution in [-0.2, 0) is 15.0 Å². The fraction of sp³-hybridized carbons (Fsp3) is 0.407. The summed E-state index contributed by atoms with van der Waals surface area (Å²) in [4.78, 5) is 48.6. The number of hydrogen-bond donors (Lipinski definition) is 4. The van der Waals surface area contributed by atoms with Crippen molar-refractivity contribution >= 4 is 35.0 Å². The Morgan fingerprint density at radius 1 is 1.21 bits per heavy atom. The molecular formula is C27H31FN6O4. The van der Waals surface area contributed by atoms with Gasteiger partial charge in [-0.05, 0) is 11.5 Å². The number of guanidine groups is 1. The maximum Gasteiger partial charge on any atom is 0.303 e. The second kappa shape index (κ2) is 12.3. The highest BCUT2D eigenvalue weighted by Gasteiger charge is 2.23. The third kappa shape index (κ3) is 8.09. The van der Waals surface area contributed by atoms with Crippen LogP contribution in [0.3, 0.4) is 0 Å². The van der Waals surface area contributed by atoms with E-state index >= 15 is 0 Å². The molecule has 0 fully saturated rings. The molecule has 0 radical (unpaired) electrons. The minimum atomic E-state index is -1.06. The minimum Gasteiger partial charge on any atom is -0.481 e. The molecule has 1 aliphatic heterocycles. The van der Waals surface area contributed by atoms with E-state index in [0.29, 0.717) is 22.9 Å². The highest BCUT2D eigenvalue weighted by atomic mass is 19.1. The van der Waals surface area contributed by atoms with Crippen molar-refractivity contribution in [3.8, 4) is 0 Å². The van der Waals surface area contributed by atoms with Crippen LogP contribution in [0, 0.1) is 6.57 Å². The van der Waals surface area contributed by atoms with E-state index in [2.05, 4.69) is 30.8 Å². The smallest absolute Gasteiger partial charge is 0.303 e. The summed E-state index contributed by atoms with van der Waals surface area (Å²) in [6, 6.07) is 6.75. The Morgan fingerprint density at radius 3 is 2.61 bits per heavy atom. The topological polar surface area (TPSA) is 137 Å². The summed E-state index contributed by atoms with van der Waals surface area (Å²) < 4.78 is 13.2. The van der Waals surface area contributed by atoms with Gasteiger partial charge in [-0.3, -0.25) is 19.4 Å². The lowest BCUT2D eigenvalue weighted by atomic mass is 9.82. The summed E-state index contributed by atoms with van der Waals surface area (Å²) in [6.07, 6.45) is 1.37. The fourth-order valence-corrected chi connectivity index (χ4v) is 3.89. The molecule has 2 atom stereocenters. The lowest BCUT2D eigenvalue weighted by Crippen LogP contribution is -2.41. The van der Waals surface area contributed by atoms with Gasteiger partial charge in [0.2, 0.25) is 0 Å². The van der Waals surface area contributed by atoms with Crippen molar-refractivity contribution in [2.24, 2.45) is 4.99 Å². The second-order valence-corrected chi connectivity index (χ2v) is 10.2. The molecule has 38 heavy (non-hydrogen) atoms. The molecule has 2 heterocycles. The summed E-state index contributed by atoms with van der Waals surface area (Å²) in [5.74, 6) is -2.22. The van der Waals surface area contributed by atoms with Gasteiger partial charge in [0, 0.05) is 18.5 Å². The molecule has 0 saturated carbocycles. The number of carbonyl (C=O) groups excluding carboxylic acids is 2. The number of Topliss-reactive ketones (excluding diaryl/α,β-unsaturated/α-hetero) is 1. The Morgan fingerprint density at radius 2 is 1.97 bits per heavy atom.